The first-order chi connectivity index (χ1) is 9.56. The van der Waals surface area contributed by atoms with E-state index in [-0.39, 0.29) is 17.2 Å². The normalized spacial score (nSPS) is 17.2. The van der Waals surface area contributed by atoms with Gasteiger partial charge in [-0.3, -0.25) is 4.79 Å². The number of carbonyl (C=O) groups is 1. The Morgan fingerprint density at radius 2 is 2.10 bits per heavy atom. The van der Waals surface area contributed by atoms with Gasteiger partial charge in [0, 0.05) is 12.0 Å². The Kier molecular flexibility index (Phi) is 5.01. The van der Waals surface area contributed by atoms with E-state index in [2.05, 4.69) is 11.8 Å². The zero-order valence-corrected chi connectivity index (χ0v) is 12.1. The molecule has 0 radical (unpaired) electrons. The van der Waals surface area contributed by atoms with Crippen molar-refractivity contribution in [2.75, 3.05) is 25.4 Å². The number of phenols is 1. The second-order valence-corrected chi connectivity index (χ2v) is 5.82. The predicted octanol–water partition coefficient (Wildman–Crippen LogP) is 2.67. The number of likely N-dealkylation sites (tertiary alicyclic amines) is 1. The SMILES string of the molecule is CC1CCN(CCCC(=O)c2ccc(O)c(N)c2)CC1. The minimum atomic E-state index is 0.0315. The molecule has 0 unspecified atom stereocenters. The molecule has 1 aliphatic rings. The number of rotatable bonds is 5. The smallest absolute Gasteiger partial charge is 0.163 e. The second kappa shape index (κ2) is 6.75. The number of Topliss-reactive ketones (excluding diaryl/α,β-unsaturated/α-hetero) is 1. The summed E-state index contributed by atoms with van der Waals surface area (Å²) in [6.45, 7) is 5.60. The van der Waals surface area contributed by atoms with Gasteiger partial charge < -0.3 is 15.7 Å². The zero-order chi connectivity index (χ0) is 14.5. The van der Waals surface area contributed by atoms with Crippen LogP contribution in [0.25, 0.3) is 0 Å². The molecule has 4 nitrogen and oxygen atoms in total. The number of aromatic hydroxyl groups is 1. The lowest BCUT2D eigenvalue weighted by molar-refractivity contribution is 0.0971. The summed E-state index contributed by atoms with van der Waals surface area (Å²) in [5, 5.41) is 9.35. The van der Waals surface area contributed by atoms with E-state index in [4.69, 9.17) is 5.73 Å². The minimum absolute atomic E-state index is 0.0315. The van der Waals surface area contributed by atoms with Gasteiger partial charge in [0.2, 0.25) is 0 Å². The number of benzene rings is 1. The number of ketones is 1. The maximum Gasteiger partial charge on any atom is 0.163 e. The monoisotopic (exact) mass is 276 g/mol. The van der Waals surface area contributed by atoms with Gasteiger partial charge in [0.15, 0.2) is 5.78 Å². The average Bonchev–Trinajstić information content (AvgIpc) is 2.44. The van der Waals surface area contributed by atoms with Crippen LogP contribution in [0.4, 0.5) is 5.69 Å². The largest absolute Gasteiger partial charge is 0.506 e. The number of nitrogen functional groups attached to an aromatic ring is 1. The van der Waals surface area contributed by atoms with Gasteiger partial charge >= 0.3 is 0 Å². The van der Waals surface area contributed by atoms with E-state index in [1.54, 1.807) is 12.1 Å². The highest BCUT2D eigenvalue weighted by molar-refractivity contribution is 5.97. The molecule has 110 valence electrons. The number of phenolic OH excluding ortho intramolecular Hbond substituents is 1. The van der Waals surface area contributed by atoms with Crippen molar-refractivity contribution in [2.24, 2.45) is 5.92 Å². The van der Waals surface area contributed by atoms with Gasteiger partial charge in [-0.15, -0.1) is 0 Å². The summed E-state index contributed by atoms with van der Waals surface area (Å²) < 4.78 is 0. The van der Waals surface area contributed by atoms with Crippen LogP contribution in [0.3, 0.4) is 0 Å². The lowest BCUT2D eigenvalue weighted by atomic mass is 9.99. The molecule has 1 aliphatic heterocycles. The van der Waals surface area contributed by atoms with Gasteiger partial charge in [-0.2, -0.15) is 0 Å². The first-order valence-electron chi connectivity index (χ1n) is 7.40. The van der Waals surface area contributed by atoms with Crippen LogP contribution in [-0.2, 0) is 0 Å². The Labute approximate surface area is 120 Å². The fraction of sp³-hybridized carbons (Fsp3) is 0.562. The van der Waals surface area contributed by atoms with Crippen molar-refractivity contribution in [3.05, 3.63) is 23.8 Å². The van der Waals surface area contributed by atoms with Crippen LogP contribution in [0, 0.1) is 5.92 Å². The number of hydrogen-bond acceptors (Lipinski definition) is 4. The molecule has 1 heterocycles. The number of piperidine rings is 1. The van der Waals surface area contributed by atoms with Crippen molar-refractivity contribution < 1.29 is 9.90 Å². The topological polar surface area (TPSA) is 66.6 Å². The van der Waals surface area contributed by atoms with Crippen molar-refractivity contribution in [3.8, 4) is 5.75 Å². The van der Waals surface area contributed by atoms with Gasteiger partial charge in [-0.1, -0.05) is 6.92 Å². The van der Waals surface area contributed by atoms with Crippen LogP contribution >= 0.6 is 0 Å². The van der Waals surface area contributed by atoms with Crippen molar-refractivity contribution >= 4 is 11.5 Å². The van der Waals surface area contributed by atoms with Gasteiger partial charge in [-0.05, 0) is 63.0 Å². The second-order valence-electron chi connectivity index (χ2n) is 5.82. The molecule has 3 N–H and O–H groups in total. The molecule has 0 aliphatic carbocycles. The van der Waals surface area contributed by atoms with Gasteiger partial charge in [0.05, 0.1) is 5.69 Å². The maximum atomic E-state index is 12.0. The number of anilines is 1. The molecule has 0 saturated carbocycles. The molecular formula is C16H24N2O2. The fourth-order valence-electron chi connectivity index (χ4n) is 2.62. The first-order valence-corrected chi connectivity index (χ1v) is 7.40. The summed E-state index contributed by atoms with van der Waals surface area (Å²) in [5.41, 5.74) is 6.46. The van der Waals surface area contributed by atoms with Gasteiger partial charge in [-0.25, -0.2) is 0 Å². The van der Waals surface area contributed by atoms with E-state index in [9.17, 15) is 9.90 Å². The Balaban J connectivity index is 1.76. The molecule has 1 aromatic carbocycles. The third-order valence-corrected chi connectivity index (χ3v) is 4.10. The number of nitrogens with two attached hydrogens (primary N) is 1. The summed E-state index contributed by atoms with van der Waals surface area (Å²) in [5.74, 6) is 0.971. The molecule has 4 heteroatoms. The molecule has 0 amide bonds. The minimum Gasteiger partial charge on any atom is -0.506 e. The standard InChI is InChI=1S/C16H24N2O2/c1-12-6-9-18(10-7-12)8-2-3-15(19)13-4-5-16(20)14(17)11-13/h4-5,11-12,20H,2-3,6-10,17H2,1H3. The number of hydrogen-bond donors (Lipinski definition) is 2. The van der Waals surface area contributed by atoms with E-state index in [0.29, 0.717) is 12.0 Å². The Hall–Kier alpha value is -1.55. The molecule has 0 spiro atoms. The average molecular weight is 276 g/mol. The van der Waals surface area contributed by atoms with E-state index in [1.165, 1.54) is 18.9 Å². The summed E-state index contributed by atoms with van der Waals surface area (Å²) in [6.07, 6.45) is 3.95. The molecule has 2 rings (SSSR count). The molecule has 1 fully saturated rings. The van der Waals surface area contributed by atoms with E-state index in [1.807, 2.05) is 0 Å². The third kappa shape index (κ3) is 3.97. The third-order valence-electron chi connectivity index (χ3n) is 4.10. The van der Waals surface area contributed by atoms with E-state index < -0.39 is 0 Å². The quantitative estimate of drug-likeness (QED) is 0.493. The predicted molar refractivity (Wildman–Crippen MR) is 80.9 cm³/mol. The van der Waals surface area contributed by atoms with Crippen LogP contribution in [-0.4, -0.2) is 35.4 Å². The highest BCUT2D eigenvalue weighted by Gasteiger charge is 2.15. The summed E-state index contributed by atoms with van der Waals surface area (Å²) in [6, 6.07) is 4.67. The van der Waals surface area contributed by atoms with Crippen LogP contribution in [0.15, 0.2) is 18.2 Å². The molecule has 0 atom stereocenters. The summed E-state index contributed by atoms with van der Waals surface area (Å²) >= 11 is 0. The van der Waals surface area contributed by atoms with Crippen molar-refractivity contribution in [1.29, 1.82) is 0 Å². The van der Waals surface area contributed by atoms with Crippen molar-refractivity contribution in [2.45, 2.75) is 32.6 Å². The summed E-state index contributed by atoms with van der Waals surface area (Å²) in [7, 11) is 0. The highest BCUT2D eigenvalue weighted by Crippen LogP contribution is 2.21. The molecule has 1 aromatic rings. The Bertz CT molecular complexity index is 466. The van der Waals surface area contributed by atoms with Crippen LogP contribution in [0.2, 0.25) is 0 Å². The van der Waals surface area contributed by atoms with Crippen molar-refractivity contribution in [1.82, 2.24) is 4.90 Å². The number of nitrogens with zero attached hydrogens (tertiary/aromatic N) is 1. The van der Waals surface area contributed by atoms with Crippen LogP contribution in [0.5, 0.6) is 5.75 Å². The Morgan fingerprint density at radius 1 is 1.40 bits per heavy atom. The zero-order valence-electron chi connectivity index (χ0n) is 12.1. The number of carbonyl (C=O) groups excluding carboxylic acids is 1. The molecule has 1 saturated heterocycles. The van der Waals surface area contributed by atoms with Gasteiger partial charge in [0.25, 0.3) is 0 Å². The fourth-order valence-corrected chi connectivity index (χ4v) is 2.62. The van der Waals surface area contributed by atoms with Crippen molar-refractivity contribution in [3.63, 3.8) is 0 Å². The lowest BCUT2D eigenvalue weighted by Gasteiger charge is -2.29. The van der Waals surface area contributed by atoms with Crippen LogP contribution in [0.1, 0.15) is 43.0 Å². The lowest BCUT2D eigenvalue weighted by Crippen LogP contribution is -2.33. The summed E-state index contributed by atoms with van der Waals surface area (Å²) in [4.78, 5) is 14.5. The van der Waals surface area contributed by atoms with Gasteiger partial charge in [0.1, 0.15) is 5.75 Å². The molecule has 0 aromatic heterocycles. The highest BCUT2D eigenvalue weighted by atomic mass is 16.3. The molecular weight excluding hydrogens is 252 g/mol. The first kappa shape index (κ1) is 14.9. The van der Waals surface area contributed by atoms with E-state index in [0.717, 1.165) is 32.0 Å². The Morgan fingerprint density at radius 3 is 2.75 bits per heavy atom. The van der Waals surface area contributed by atoms with E-state index >= 15 is 0 Å². The molecule has 0 bridgehead atoms. The molecule has 20 heavy (non-hydrogen) atoms. The maximum absolute atomic E-state index is 12.0. The van der Waals surface area contributed by atoms with Crippen LogP contribution < -0.4 is 5.73 Å².